The first-order chi connectivity index (χ1) is 12.0. The Kier molecular flexibility index (Phi) is 9.07. The van der Waals surface area contributed by atoms with E-state index >= 15 is 0 Å². The van der Waals surface area contributed by atoms with Gasteiger partial charge >= 0.3 is 8.56 Å². The summed E-state index contributed by atoms with van der Waals surface area (Å²) in [7, 11) is -2.15. The van der Waals surface area contributed by atoms with Crippen LogP contribution in [0.3, 0.4) is 0 Å². The fraction of sp³-hybridized carbons (Fsp3) is 0.619. The summed E-state index contributed by atoms with van der Waals surface area (Å²) < 4.78 is 8.22. The molecule has 0 heterocycles. The van der Waals surface area contributed by atoms with Crippen molar-refractivity contribution in [1.29, 1.82) is 0 Å². The molecule has 0 saturated heterocycles. The van der Waals surface area contributed by atoms with E-state index in [0.29, 0.717) is 0 Å². The predicted molar refractivity (Wildman–Crippen MR) is 115 cm³/mol. The summed E-state index contributed by atoms with van der Waals surface area (Å²) in [6, 6.07) is 9.25. The second-order valence-corrected chi connectivity index (χ2v) is 10.3. The number of nitrogens with zero attached hydrogens (tertiary/aromatic N) is 3. The van der Waals surface area contributed by atoms with Crippen molar-refractivity contribution in [2.45, 2.75) is 48.5 Å². The van der Waals surface area contributed by atoms with Gasteiger partial charge in [0.15, 0.2) is 0 Å². The molecule has 0 N–H and O–H groups in total. The second-order valence-electron chi connectivity index (χ2n) is 6.51. The quantitative estimate of drug-likeness (QED) is 0.554. The van der Waals surface area contributed by atoms with Crippen molar-refractivity contribution < 1.29 is 0 Å². The Morgan fingerprint density at radius 1 is 0.720 bits per heavy atom. The van der Waals surface area contributed by atoms with E-state index in [1.54, 1.807) is 0 Å². The summed E-state index contributed by atoms with van der Waals surface area (Å²) in [5, 5.41) is 1.49. The van der Waals surface area contributed by atoms with Crippen molar-refractivity contribution in [3.8, 4) is 0 Å². The molecule has 0 atom stereocenters. The second kappa shape index (κ2) is 10.3. The maximum Gasteiger partial charge on any atom is 0.323 e. The first-order valence-corrected chi connectivity index (χ1v) is 11.8. The SMILES string of the molecule is C=C(C)c1ccc([Si](N(CC)CC)(N(CC)CC)N(CC)CC)cc1. The van der Waals surface area contributed by atoms with E-state index in [9.17, 15) is 0 Å². The molecular formula is C21H39N3Si. The van der Waals surface area contributed by atoms with E-state index < -0.39 is 8.56 Å². The molecular weight excluding hydrogens is 322 g/mol. The van der Waals surface area contributed by atoms with Gasteiger partial charge in [-0.25, -0.2) is 0 Å². The maximum absolute atomic E-state index is 4.10. The van der Waals surface area contributed by atoms with E-state index in [1.807, 2.05) is 0 Å². The van der Waals surface area contributed by atoms with Crippen molar-refractivity contribution in [1.82, 2.24) is 13.7 Å². The number of benzene rings is 1. The molecule has 142 valence electrons. The van der Waals surface area contributed by atoms with E-state index in [4.69, 9.17) is 0 Å². The highest BCUT2D eigenvalue weighted by molar-refractivity contribution is 6.84. The monoisotopic (exact) mass is 361 g/mol. The molecule has 1 rings (SSSR count). The molecule has 1 aromatic rings. The van der Waals surface area contributed by atoms with Gasteiger partial charge in [0, 0.05) is 0 Å². The third-order valence-electron chi connectivity index (χ3n) is 5.38. The molecule has 0 aliphatic heterocycles. The predicted octanol–water partition coefficient (Wildman–Crippen LogP) is 3.89. The molecule has 0 aliphatic rings. The van der Waals surface area contributed by atoms with Crippen LogP contribution in [0.15, 0.2) is 30.8 Å². The molecule has 0 amide bonds. The average molecular weight is 362 g/mol. The van der Waals surface area contributed by atoms with Gasteiger partial charge in [0.05, 0.1) is 0 Å². The molecule has 25 heavy (non-hydrogen) atoms. The first kappa shape index (κ1) is 22.1. The van der Waals surface area contributed by atoms with Gasteiger partial charge in [0.1, 0.15) is 0 Å². The lowest BCUT2D eigenvalue weighted by Crippen LogP contribution is -2.81. The van der Waals surface area contributed by atoms with Crippen LogP contribution in [0.25, 0.3) is 5.57 Å². The molecule has 1 aromatic carbocycles. The Balaban J connectivity index is 3.69. The minimum atomic E-state index is -2.15. The van der Waals surface area contributed by atoms with Crippen LogP contribution >= 0.6 is 0 Å². The molecule has 0 radical (unpaired) electrons. The van der Waals surface area contributed by atoms with Gasteiger partial charge in [0.2, 0.25) is 0 Å². The summed E-state index contributed by atoms with van der Waals surface area (Å²) in [5.41, 5.74) is 2.37. The highest BCUT2D eigenvalue weighted by atomic mass is 28.4. The fourth-order valence-electron chi connectivity index (χ4n) is 4.12. The molecule has 4 heteroatoms. The summed E-state index contributed by atoms with van der Waals surface area (Å²) in [5.74, 6) is 0. The Morgan fingerprint density at radius 3 is 1.28 bits per heavy atom. The highest BCUT2D eigenvalue weighted by Crippen LogP contribution is 2.22. The Labute approximate surface area is 157 Å². The van der Waals surface area contributed by atoms with Gasteiger partial charge in [-0.15, -0.1) is 0 Å². The first-order valence-electron chi connectivity index (χ1n) is 9.99. The molecule has 0 aliphatic carbocycles. The number of hydrogen-bond acceptors (Lipinski definition) is 3. The van der Waals surface area contributed by atoms with Crippen molar-refractivity contribution in [3.05, 3.63) is 36.4 Å². The van der Waals surface area contributed by atoms with E-state index in [0.717, 1.165) is 44.8 Å². The van der Waals surface area contributed by atoms with Crippen LogP contribution in [0.4, 0.5) is 0 Å². The molecule has 0 aromatic heterocycles. The molecule has 0 fully saturated rings. The third-order valence-corrected chi connectivity index (χ3v) is 11.0. The van der Waals surface area contributed by atoms with E-state index in [-0.39, 0.29) is 0 Å². The minimum Gasteiger partial charge on any atom is -0.296 e. The lowest BCUT2D eigenvalue weighted by atomic mass is 10.1. The van der Waals surface area contributed by atoms with Crippen molar-refractivity contribution in [2.75, 3.05) is 39.3 Å². The molecule has 0 saturated carbocycles. The van der Waals surface area contributed by atoms with Crippen LogP contribution in [0.5, 0.6) is 0 Å². The summed E-state index contributed by atoms with van der Waals surface area (Å²) in [6.07, 6.45) is 0. The van der Waals surface area contributed by atoms with Gasteiger partial charge in [-0.05, 0) is 56.9 Å². The average Bonchev–Trinajstić information content (AvgIpc) is 2.64. The van der Waals surface area contributed by atoms with Crippen LogP contribution < -0.4 is 5.19 Å². The standard InChI is InChI=1S/C21H39N3Si/c1-9-22(10-2)25(23(11-3)12-4,24(13-5)14-6)21-17-15-20(16-18-21)19(7)8/h15-18H,7,9-14H2,1-6,8H3. The van der Waals surface area contributed by atoms with Crippen molar-refractivity contribution in [2.24, 2.45) is 0 Å². The molecule has 0 bridgehead atoms. The molecule has 3 nitrogen and oxygen atoms in total. The van der Waals surface area contributed by atoms with Crippen LogP contribution in [0.1, 0.15) is 54.0 Å². The zero-order valence-corrected chi connectivity index (χ0v) is 18.6. The summed E-state index contributed by atoms with van der Waals surface area (Å²) in [4.78, 5) is 0. The lowest BCUT2D eigenvalue weighted by Gasteiger charge is -2.53. The maximum atomic E-state index is 4.10. The van der Waals surface area contributed by atoms with Crippen LogP contribution in [0.2, 0.25) is 0 Å². The largest absolute Gasteiger partial charge is 0.323 e. The van der Waals surface area contributed by atoms with Crippen LogP contribution in [-0.4, -0.2) is 61.5 Å². The molecule has 0 spiro atoms. The Hall–Kier alpha value is -0.943. The van der Waals surface area contributed by atoms with Crippen LogP contribution in [0, 0.1) is 0 Å². The van der Waals surface area contributed by atoms with E-state index in [1.165, 1.54) is 10.8 Å². The number of rotatable bonds is 11. The zero-order chi connectivity index (χ0) is 19.0. The van der Waals surface area contributed by atoms with Crippen LogP contribution in [-0.2, 0) is 0 Å². The summed E-state index contributed by atoms with van der Waals surface area (Å²) in [6.45, 7) is 26.5. The van der Waals surface area contributed by atoms with Gasteiger partial charge in [-0.1, -0.05) is 78.0 Å². The lowest BCUT2D eigenvalue weighted by molar-refractivity contribution is 0.276. The highest BCUT2D eigenvalue weighted by Gasteiger charge is 2.50. The normalized spacial score (nSPS) is 12.4. The van der Waals surface area contributed by atoms with Gasteiger partial charge in [0.25, 0.3) is 0 Å². The zero-order valence-electron chi connectivity index (χ0n) is 17.6. The van der Waals surface area contributed by atoms with Crippen molar-refractivity contribution in [3.63, 3.8) is 0 Å². The topological polar surface area (TPSA) is 9.72 Å². The smallest absolute Gasteiger partial charge is 0.296 e. The van der Waals surface area contributed by atoms with Gasteiger partial charge < -0.3 is 0 Å². The summed E-state index contributed by atoms with van der Waals surface area (Å²) >= 11 is 0. The molecule has 0 unspecified atom stereocenters. The Morgan fingerprint density at radius 2 is 1.04 bits per heavy atom. The van der Waals surface area contributed by atoms with Gasteiger partial charge in [-0.2, -0.15) is 0 Å². The Bertz CT molecular complexity index is 483. The van der Waals surface area contributed by atoms with Crippen molar-refractivity contribution >= 4 is 19.3 Å². The number of allylic oxidation sites excluding steroid dienone is 1. The van der Waals surface area contributed by atoms with E-state index in [2.05, 4.69) is 93.0 Å². The number of hydrogen-bond donors (Lipinski definition) is 0. The minimum absolute atomic E-state index is 1.08. The van der Waals surface area contributed by atoms with Gasteiger partial charge in [-0.3, -0.25) is 13.7 Å². The third kappa shape index (κ3) is 4.25. The fourth-order valence-corrected chi connectivity index (χ4v) is 9.67.